The molecule has 0 aliphatic carbocycles. The Labute approximate surface area is 177 Å². The van der Waals surface area contributed by atoms with Gasteiger partial charge >= 0.3 is 0 Å². The minimum absolute atomic E-state index is 0.0351. The van der Waals surface area contributed by atoms with Gasteiger partial charge < -0.3 is 0 Å². The monoisotopic (exact) mass is 419 g/mol. The fourth-order valence-electron chi connectivity index (χ4n) is 3.71. The van der Waals surface area contributed by atoms with Gasteiger partial charge in [-0.1, -0.05) is 25.5 Å². The number of hydrazone groups is 1. The normalized spacial score (nSPS) is 13.3. The van der Waals surface area contributed by atoms with Gasteiger partial charge in [0.05, 0.1) is 21.5 Å². The maximum atomic E-state index is 12.7. The Morgan fingerprint density at radius 1 is 1.26 bits per heavy atom. The maximum absolute atomic E-state index is 12.7. The van der Waals surface area contributed by atoms with Gasteiger partial charge in [0.1, 0.15) is 5.82 Å². The van der Waals surface area contributed by atoms with Crippen LogP contribution in [0.3, 0.4) is 0 Å². The van der Waals surface area contributed by atoms with E-state index in [1.54, 1.807) is 34.9 Å². The number of non-ortho nitro benzene ring substituents is 1. The second-order valence-corrected chi connectivity index (χ2v) is 7.38. The molecule has 0 unspecified atom stereocenters. The van der Waals surface area contributed by atoms with Crippen LogP contribution in [0.4, 0.5) is 5.69 Å². The molecule has 1 aliphatic heterocycles. The highest BCUT2D eigenvalue weighted by atomic mass is 16.6. The third-order valence-electron chi connectivity index (χ3n) is 5.25. The van der Waals surface area contributed by atoms with Gasteiger partial charge in [0.15, 0.2) is 0 Å². The zero-order chi connectivity index (χ0) is 22.0. The summed E-state index contributed by atoms with van der Waals surface area (Å²) in [5, 5.41) is 15.8. The predicted molar refractivity (Wildman–Crippen MR) is 116 cm³/mol. The van der Waals surface area contributed by atoms with E-state index in [2.05, 4.69) is 15.5 Å². The first-order valence-electron chi connectivity index (χ1n) is 10.1. The summed E-state index contributed by atoms with van der Waals surface area (Å²) in [7, 11) is 0. The molecule has 3 aromatic rings. The number of nitrogens with one attached hydrogen (secondary N) is 1. The highest BCUT2D eigenvalue weighted by Gasteiger charge is 2.17. The Kier molecular flexibility index (Phi) is 5.57. The van der Waals surface area contributed by atoms with Crippen LogP contribution < -0.4 is 11.0 Å². The van der Waals surface area contributed by atoms with E-state index in [9.17, 15) is 19.7 Å². The van der Waals surface area contributed by atoms with Gasteiger partial charge in [-0.2, -0.15) is 5.10 Å². The van der Waals surface area contributed by atoms with E-state index in [0.717, 1.165) is 25.1 Å². The van der Waals surface area contributed by atoms with Crippen LogP contribution in [-0.2, 0) is 13.0 Å². The van der Waals surface area contributed by atoms with E-state index < -0.39 is 10.8 Å². The maximum Gasteiger partial charge on any atom is 0.271 e. The van der Waals surface area contributed by atoms with Gasteiger partial charge in [0, 0.05) is 36.2 Å². The molecule has 158 valence electrons. The van der Waals surface area contributed by atoms with Crippen molar-refractivity contribution in [3.63, 3.8) is 0 Å². The number of carbonyl (C=O) groups is 1. The summed E-state index contributed by atoms with van der Waals surface area (Å²) in [5.74, 6) is 0.298. The van der Waals surface area contributed by atoms with Crippen molar-refractivity contribution in [2.75, 3.05) is 0 Å². The molecule has 0 atom stereocenters. The van der Waals surface area contributed by atoms with Crippen LogP contribution in [0.5, 0.6) is 0 Å². The third kappa shape index (κ3) is 4.07. The van der Waals surface area contributed by atoms with Crippen molar-refractivity contribution in [1.82, 2.24) is 15.0 Å². The van der Waals surface area contributed by atoms with Crippen molar-refractivity contribution in [2.45, 2.75) is 39.2 Å². The molecule has 0 spiro atoms. The van der Waals surface area contributed by atoms with Gasteiger partial charge in [0.2, 0.25) is 0 Å². The lowest BCUT2D eigenvalue weighted by atomic mass is 10.1. The van der Waals surface area contributed by atoms with Crippen molar-refractivity contribution < 1.29 is 9.72 Å². The summed E-state index contributed by atoms with van der Waals surface area (Å²) in [4.78, 5) is 40.4. The van der Waals surface area contributed by atoms with Crippen molar-refractivity contribution in [2.24, 2.45) is 5.10 Å². The minimum Gasteiger partial charge on any atom is -0.296 e. The van der Waals surface area contributed by atoms with E-state index in [1.807, 2.05) is 6.92 Å². The van der Waals surface area contributed by atoms with Crippen molar-refractivity contribution in [3.05, 3.63) is 79.9 Å². The first-order chi connectivity index (χ1) is 15.0. The van der Waals surface area contributed by atoms with E-state index in [0.29, 0.717) is 40.7 Å². The van der Waals surface area contributed by atoms with E-state index in [-0.39, 0.29) is 11.2 Å². The Balaban J connectivity index is 1.61. The SMILES string of the molecule is CCC/C(=N/NC(=O)c1ccc2c(=O)n3c(nc2c1)CCC3)c1cccc([N+](=O)[O-])c1. The van der Waals surface area contributed by atoms with Crippen molar-refractivity contribution in [1.29, 1.82) is 0 Å². The summed E-state index contributed by atoms with van der Waals surface area (Å²) < 4.78 is 1.68. The van der Waals surface area contributed by atoms with Crippen molar-refractivity contribution in [3.8, 4) is 0 Å². The minimum atomic E-state index is -0.465. The fourth-order valence-corrected chi connectivity index (χ4v) is 3.71. The number of fused-ring (bicyclic) bond motifs is 2. The quantitative estimate of drug-likeness (QED) is 0.374. The van der Waals surface area contributed by atoms with Gasteiger partial charge in [-0.3, -0.25) is 24.3 Å². The van der Waals surface area contributed by atoms with Crippen LogP contribution in [0.15, 0.2) is 52.4 Å². The molecule has 31 heavy (non-hydrogen) atoms. The number of nitro benzene ring substituents is 1. The molecule has 2 heterocycles. The number of aryl methyl sites for hydroxylation is 1. The molecule has 0 radical (unpaired) electrons. The number of nitro groups is 1. The van der Waals surface area contributed by atoms with Gasteiger partial charge in [-0.15, -0.1) is 0 Å². The van der Waals surface area contributed by atoms with Crippen LogP contribution in [-0.4, -0.2) is 26.1 Å². The Morgan fingerprint density at radius 2 is 2.10 bits per heavy atom. The zero-order valence-electron chi connectivity index (χ0n) is 17.0. The van der Waals surface area contributed by atoms with Gasteiger partial charge in [-0.25, -0.2) is 10.4 Å². The second-order valence-electron chi connectivity index (χ2n) is 7.38. The fraction of sp³-hybridized carbons (Fsp3) is 0.273. The summed E-state index contributed by atoms with van der Waals surface area (Å²) in [6.07, 6.45) is 2.93. The van der Waals surface area contributed by atoms with E-state index >= 15 is 0 Å². The Bertz CT molecular complexity index is 1280. The largest absolute Gasteiger partial charge is 0.296 e. The molecule has 1 N–H and O–H groups in total. The third-order valence-corrected chi connectivity index (χ3v) is 5.25. The van der Waals surface area contributed by atoms with E-state index in [4.69, 9.17) is 0 Å². The lowest BCUT2D eigenvalue weighted by Crippen LogP contribution is -2.22. The Morgan fingerprint density at radius 3 is 2.87 bits per heavy atom. The topological polar surface area (TPSA) is 119 Å². The van der Waals surface area contributed by atoms with Crippen LogP contribution in [0.2, 0.25) is 0 Å². The average molecular weight is 419 g/mol. The Hall–Kier alpha value is -3.88. The molecule has 0 bridgehead atoms. The molecule has 1 aromatic heterocycles. The summed E-state index contributed by atoms with van der Waals surface area (Å²) in [6, 6.07) is 10.9. The first kappa shape index (κ1) is 20.4. The number of hydrogen-bond donors (Lipinski definition) is 1. The molecular weight excluding hydrogens is 398 g/mol. The average Bonchev–Trinajstić information content (AvgIpc) is 3.25. The molecule has 1 aliphatic rings. The molecule has 4 rings (SSSR count). The smallest absolute Gasteiger partial charge is 0.271 e. The van der Waals surface area contributed by atoms with Gasteiger partial charge in [-0.05, 0) is 31.0 Å². The number of aromatic nitrogens is 2. The molecule has 2 aromatic carbocycles. The molecule has 9 nitrogen and oxygen atoms in total. The number of benzene rings is 2. The van der Waals surface area contributed by atoms with Crippen LogP contribution in [0.1, 0.15) is 47.9 Å². The van der Waals surface area contributed by atoms with Crippen LogP contribution in [0.25, 0.3) is 10.9 Å². The molecule has 1 amide bonds. The lowest BCUT2D eigenvalue weighted by molar-refractivity contribution is -0.384. The summed E-state index contributed by atoms with van der Waals surface area (Å²) in [5.41, 5.74) is 4.37. The molecule has 0 fully saturated rings. The molecule has 9 heteroatoms. The summed E-state index contributed by atoms with van der Waals surface area (Å²) in [6.45, 7) is 2.63. The summed E-state index contributed by atoms with van der Waals surface area (Å²) >= 11 is 0. The number of amides is 1. The number of hydrogen-bond acceptors (Lipinski definition) is 6. The second kappa shape index (κ2) is 8.47. The highest BCUT2D eigenvalue weighted by Crippen LogP contribution is 2.17. The van der Waals surface area contributed by atoms with Gasteiger partial charge in [0.25, 0.3) is 17.2 Å². The standard InChI is InChI=1S/C22H21N5O4/c1-2-5-18(14-6-3-7-16(12-14)27(30)31)24-25-21(28)15-9-10-17-19(13-15)23-20-8-4-11-26(20)22(17)29/h3,6-7,9-10,12-13H,2,4-5,8,11H2,1H3,(H,25,28)/b24-18-. The molecule has 0 saturated carbocycles. The van der Waals surface area contributed by atoms with Crippen molar-refractivity contribution >= 4 is 28.2 Å². The number of carbonyl (C=O) groups excluding carboxylic acids is 1. The molecular formula is C22H21N5O4. The van der Waals surface area contributed by atoms with E-state index in [1.165, 1.54) is 12.1 Å². The first-order valence-corrected chi connectivity index (χ1v) is 10.1. The van der Waals surface area contributed by atoms with Crippen LogP contribution >= 0.6 is 0 Å². The lowest BCUT2D eigenvalue weighted by Gasteiger charge is -2.08. The number of nitrogens with zero attached hydrogens (tertiary/aromatic N) is 4. The highest BCUT2D eigenvalue weighted by molar-refractivity contribution is 6.03. The number of rotatable bonds is 6. The predicted octanol–water partition coefficient (Wildman–Crippen LogP) is 3.19. The van der Waals surface area contributed by atoms with Crippen LogP contribution in [0, 0.1) is 10.1 Å². The molecule has 0 saturated heterocycles. The zero-order valence-corrected chi connectivity index (χ0v) is 17.0.